The van der Waals surface area contributed by atoms with Gasteiger partial charge in [-0.15, -0.1) is 5.10 Å². The summed E-state index contributed by atoms with van der Waals surface area (Å²) in [7, 11) is 0. The molecular formula is C20H27N5O3. The number of carboxylic acid groups (broad SMARTS) is 1. The summed E-state index contributed by atoms with van der Waals surface area (Å²) in [6.07, 6.45) is 8.32. The zero-order valence-corrected chi connectivity index (χ0v) is 16.2. The molecule has 2 aromatic heterocycles. The maximum atomic E-state index is 12.5. The fraction of sp³-hybridized carbons (Fsp3) is 0.600. The van der Waals surface area contributed by atoms with Crippen molar-refractivity contribution < 1.29 is 14.7 Å². The second-order valence-corrected chi connectivity index (χ2v) is 7.94. The molecule has 2 N–H and O–H groups in total. The van der Waals surface area contributed by atoms with Crippen molar-refractivity contribution in [3.63, 3.8) is 0 Å². The molecule has 1 saturated carbocycles. The van der Waals surface area contributed by atoms with Crippen LogP contribution in [0.25, 0.3) is 5.65 Å². The number of rotatable bonds is 4. The molecule has 1 atom stereocenters. The van der Waals surface area contributed by atoms with E-state index in [1.54, 1.807) is 6.07 Å². The number of nitrogens with one attached hydrogen (secondary N) is 1. The Morgan fingerprint density at radius 2 is 1.86 bits per heavy atom. The summed E-state index contributed by atoms with van der Waals surface area (Å²) in [5.74, 6) is -0.961. The van der Waals surface area contributed by atoms with Crippen molar-refractivity contribution in [2.75, 3.05) is 16.8 Å². The summed E-state index contributed by atoms with van der Waals surface area (Å²) in [5, 5.41) is 17.0. The van der Waals surface area contributed by atoms with Crippen LogP contribution in [-0.2, 0) is 4.79 Å². The minimum Gasteiger partial charge on any atom is -0.476 e. The van der Waals surface area contributed by atoms with E-state index in [2.05, 4.69) is 27.2 Å². The highest BCUT2D eigenvalue weighted by molar-refractivity contribution is 5.94. The van der Waals surface area contributed by atoms with E-state index in [0.29, 0.717) is 11.3 Å². The van der Waals surface area contributed by atoms with Gasteiger partial charge in [0.15, 0.2) is 11.3 Å². The quantitative estimate of drug-likeness (QED) is 0.837. The molecule has 28 heavy (non-hydrogen) atoms. The van der Waals surface area contributed by atoms with E-state index >= 15 is 0 Å². The van der Waals surface area contributed by atoms with Crippen LogP contribution in [0.2, 0.25) is 0 Å². The van der Waals surface area contributed by atoms with Crippen molar-refractivity contribution >= 4 is 29.2 Å². The highest BCUT2D eigenvalue weighted by atomic mass is 16.4. The number of piperidine rings is 1. The Hall–Kier alpha value is -2.64. The number of carboxylic acids is 1. The molecule has 3 heterocycles. The first kappa shape index (κ1) is 18.7. The van der Waals surface area contributed by atoms with Crippen LogP contribution >= 0.6 is 0 Å². The topological polar surface area (TPSA) is 99.8 Å². The molecule has 0 aromatic carbocycles. The van der Waals surface area contributed by atoms with Crippen LogP contribution in [0, 0.1) is 5.92 Å². The molecule has 8 heteroatoms. The molecule has 150 valence electrons. The molecule has 2 aliphatic rings. The summed E-state index contributed by atoms with van der Waals surface area (Å²) in [6, 6.07) is 3.85. The van der Waals surface area contributed by atoms with Crippen LogP contribution < -0.4 is 10.2 Å². The van der Waals surface area contributed by atoms with Crippen LogP contribution in [-0.4, -0.2) is 44.2 Å². The minimum atomic E-state index is -1.05. The van der Waals surface area contributed by atoms with E-state index in [0.717, 1.165) is 51.5 Å². The molecule has 0 radical (unpaired) electrons. The van der Waals surface area contributed by atoms with E-state index in [9.17, 15) is 14.7 Å². The third-order valence-corrected chi connectivity index (χ3v) is 6.00. The Labute approximate surface area is 163 Å². The van der Waals surface area contributed by atoms with E-state index in [1.165, 1.54) is 10.9 Å². The van der Waals surface area contributed by atoms with Gasteiger partial charge in [0.05, 0.1) is 5.69 Å². The molecule has 1 aliphatic carbocycles. The Balaban J connectivity index is 1.65. The molecule has 0 bridgehead atoms. The first-order valence-corrected chi connectivity index (χ1v) is 10.2. The molecule has 2 fully saturated rings. The van der Waals surface area contributed by atoms with Crippen LogP contribution in [0.15, 0.2) is 12.1 Å². The number of hydrogen-bond acceptors (Lipinski definition) is 5. The molecule has 1 unspecified atom stereocenters. The van der Waals surface area contributed by atoms with E-state index in [1.807, 2.05) is 6.07 Å². The summed E-state index contributed by atoms with van der Waals surface area (Å²) in [4.78, 5) is 31.0. The van der Waals surface area contributed by atoms with Gasteiger partial charge in [-0.25, -0.2) is 9.31 Å². The van der Waals surface area contributed by atoms with Gasteiger partial charge in [-0.2, -0.15) is 4.98 Å². The Morgan fingerprint density at radius 3 is 2.57 bits per heavy atom. The zero-order chi connectivity index (χ0) is 19.7. The molecular weight excluding hydrogens is 358 g/mol. The standard InChI is InChI=1S/C20H27N5O3/c1-13-7-5-6-12-24(13)15-10-11-16-21-20(23-25(16)17(15)19(27)28)22-18(26)14-8-3-2-4-9-14/h10-11,13-14H,2-9,12H2,1H3,(H,27,28)(H,22,23,26). The molecule has 8 nitrogen and oxygen atoms in total. The van der Waals surface area contributed by atoms with Crippen LogP contribution in [0.3, 0.4) is 0 Å². The van der Waals surface area contributed by atoms with Gasteiger partial charge in [0.25, 0.3) is 0 Å². The monoisotopic (exact) mass is 385 g/mol. The van der Waals surface area contributed by atoms with Crippen molar-refractivity contribution in [3.8, 4) is 0 Å². The number of aromatic carboxylic acids is 1. The van der Waals surface area contributed by atoms with Crippen molar-refractivity contribution in [3.05, 3.63) is 17.8 Å². The number of carbonyl (C=O) groups excluding carboxylic acids is 1. The van der Waals surface area contributed by atoms with Crippen LogP contribution in [0.1, 0.15) is 68.8 Å². The van der Waals surface area contributed by atoms with Gasteiger partial charge >= 0.3 is 5.97 Å². The maximum Gasteiger partial charge on any atom is 0.356 e. The zero-order valence-electron chi connectivity index (χ0n) is 16.2. The fourth-order valence-corrected chi connectivity index (χ4v) is 4.46. The first-order chi connectivity index (χ1) is 13.5. The lowest BCUT2D eigenvalue weighted by atomic mass is 9.89. The number of aromatic nitrogens is 3. The largest absolute Gasteiger partial charge is 0.476 e. The predicted octanol–water partition coefficient (Wildman–Crippen LogP) is 3.33. The van der Waals surface area contributed by atoms with Gasteiger partial charge < -0.3 is 10.0 Å². The Kier molecular flexibility index (Phi) is 5.19. The van der Waals surface area contributed by atoms with Crippen LogP contribution in [0.5, 0.6) is 0 Å². The Morgan fingerprint density at radius 1 is 1.11 bits per heavy atom. The van der Waals surface area contributed by atoms with Crippen molar-refractivity contribution in [1.82, 2.24) is 14.6 Å². The maximum absolute atomic E-state index is 12.5. The summed E-state index contributed by atoms with van der Waals surface area (Å²) < 4.78 is 1.34. The van der Waals surface area contributed by atoms with E-state index in [4.69, 9.17) is 0 Å². The number of fused-ring (bicyclic) bond motifs is 1. The van der Waals surface area contributed by atoms with Crippen molar-refractivity contribution in [2.24, 2.45) is 5.92 Å². The van der Waals surface area contributed by atoms with Gasteiger partial charge in [-0.1, -0.05) is 19.3 Å². The second-order valence-electron chi connectivity index (χ2n) is 7.94. The number of pyridine rings is 1. The number of hydrogen-bond donors (Lipinski definition) is 2. The smallest absolute Gasteiger partial charge is 0.356 e. The lowest BCUT2D eigenvalue weighted by molar-refractivity contribution is -0.120. The fourth-order valence-electron chi connectivity index (χ4n) is 4.46. The molecule has 2 aromatic rings. The van der Waals surface area contributed by atoms with Crippen molar-refractivity contribution in [1.29, 1.82) is 0 Å². The number of anilines is 2. The number of nitrogens with zero attached hydrogens (tertiary/aromatic N) is 4. The molecule has 4 rings (SSSR count). The van der Waals surface area contributed by atoms with Gasteiger partial charge in [0.2, 0.25) is 11.9 Å². The second kappa shape index (κ2) is 7.77. The predicted molar refractivity (Wildman–Crippen MR) is 106 cm³/mol. The third-order valence-electron chi connectivity index (χ3n) is 6.00. The SMILES string of the molecule is CC1CCCCN1c1ccc2nc(NC(=O)C3CCCCC3)nn2c1C(=O)O. The lowest BCUT2D eigenvalue weighted by Crippen LogP contribution is -2.38. The van der Waals surface area contributed by atoms with Gasteiger partial charge in [-0.05, 0) is 51.2 Å². The molecule has 0 spiro atoms. The molecule has 1 saturated heterocycles. The lowest BCUT2D eigenvalue weighted by Gasteiger charge is -2.36. The number of carbonyl (C=O) groups is 2. The van der Waals surface area contributed by atoms with Crippen molar-refractivity contribution in [2.45, 2.75) is 64.3 Å². The average molecular weight is 385 g/mol. The summed E-state index contributed by atoms with van der Waals surface area (Å²) in [6.45, 7) is 2.94. The first-order valence-electron chi connectivity index (χ1n) is 10.2. The molecule has 1 amide bonds. The average Bonchev–Trinajstić information content (AvgIpc) is 3.10. The highest BCUT2D eigenvalue weighted by Crippen LogP contribution is 2.29. The van der Waals surface area contributed by atoms with E-state index in [-0.39, 0.29) is 29.5 Å². The molecule has 1 aliphatic heterocycles. The normalized spacial score (nSPS) is 21.0. The Bertz CT molecular complexity index is 887. The third kappa shape index (κ3) is 3.55. The summed E-state index contributed by atoms with van der Waals surface area (Å²) >= 11 is 0. The van der Waals surface area contributed by atoms with E-state index < -0.39 is 5.97 Å². The number of amides is 1. The van der Waals surface area contributed by atoms with Gasteiger partial charge in [0, 0.05) is 18.5 Å². The minimum absolute atomic E-state index is 0.0101. The van der Waals surface area contributed by atoms with Crippen LogP contribution in [0.4, 0.5) is 11.6 Å². The summed E-state index contributed by atoms with van der Waals surface area (Å²) in [5.41, 5.74) is 1.17. The van der Waals surface area contributed by atoms with Gasteiger partial charge in [0.1, 0.15) is 0 Å². The van der Waals surface area contributed by atoms with Gasteiger partial charge in [-0.3, -0.25) is 10.1 Å². The highest BCUT2D eigenvalue weighted by Gasteiger charge is 2.27.